The van der Waals surface area contributed by atoms with Crippen molar-refractivity contribution in [2.75, 3.05) is 18.4 Å². The van der Waals surface area contributed by atoms with Crippen molar-refractivity contribution < 1.29 is 22.8 Å². The van der Waals surface area contributed by atoms with E-state index in [0.29, 0.717) is 42.9 Å². The van der Waals surface area contributed by atoms with E-state index < -0.39 is 17.2 Å². The van der Waals surface area contributed by atoms with Gasteiger partial charge in [0.25, 0.3) is 5.91 Å². The fraction of sp³-hybridized carbons (Fsp3) is 0.214. The van der Waals surface area contributed by atoms with Crippen LogP contribution in [0.5, 0.6) is 0 Å². The summed E-state index contributed by atoms with van der Waals surface area (Å²) in [4.78, 5) is 32.1. The highest BCUT2D eigenvalue weighted by Gasteiger charge is 2.49. The summed E-state index contributed by atoms with van der Waals surface area (Å²) in [7, 11) is 0. The SMILES string of the molecule is O=C(c1cc(-c2ccncc2)n(-c2ccc(C(F)(F)F)cc2)n1)N1CCC2(CC1)C(=O)Nc1ccccc12. The minimum Gasteiger partial charge on any atom is -0.337 e. The molecule has 0 unspecified atom stereocenters. The van der Waals surface area contributed by atoms with Gasteiger partial charge in [0, 0.05) is 36.7 Å². The number of carbonyl (C=O) groups excluding carboxylic acids is 2. The maximum atomic E-state index is 13.5. The van der Waals surface area contributed by atoms with E-state index in [1.165, 1.54) is 16.8 Å². The lowest BCUT2D eigenvalue weighted by Crippen LogP contribution is -2.48. The normalized spacial score (nSPS) is 16.4. The monoisotopic (exact) mass is 517 g/mol. The topological polar surface area (TPSA) is 80.1 Å². The number of anilines is 1. The van der Waals surface area contributed by atoms with Crippen molar-refractivity contribution in [1.29, 1.82) is 0 Å². The number of fused-ring (bicyclic) bond motifs is 2. The predicted octanol–water partition coefficient (Wildman–Crippen LogP) is 5.08. The summed E-state index contributed by atoms with van der Waals surface area (Å²) in [5.41, 5.74) is 2.17. The maximum absolute atomic E-state index is 13.5. The molecule has 2 amide bonds. The summed E-state index contributed by atoms with van der Waals surface area (Å²) < 4.78 is 40.7. The highest BCUT2D eigenvalue weighted by atomic mass is 19.4. The van der Waals surface area contributed by atoms with Gasteiger partial charge in [0.2, 0.25) is 5.91 Å². The number of alkyl halides is 3. The van der Waals surface area contributed by atoms with Gasteiger partial charge in [-0.2, -0.15) is 18.3 Å². The van der Waals surface area contributed by atoms with Gasteiger partial charge >= 0.3 is 6.18 Å². The molecule has 2 aliphatic rings. The van der Waals surface area contributed by atoms with Crippen LogP contribution in [0.25, 0.3) is 16.9 Å². The summed E-state index contributed by atoms with van der Waals surface area (Å²) in [6.45, 7) is 0.747. The molecule has 4 heterocycles. The molecule has 1 fully saturated rings. The zero-order chi connectivity index (χ0) is 26.5. The van der Waals surface area contributed by atoms with E-state index in [1.54, 1.807) is 35.5 Å². The minimum absolute atomic E-state index is 0.0441. The number of nitrogens with zero attached hydrogens (tertiary/aromatic N) is 4. The number of carbonyl (C=O) groups is 2. The molecule has 2 aromatic heterocycles. The number of benzene rings is 2. The number of amides is 2. The Hall–Kier alpha value is -4.47. The van der Waals surface area contributed by atoms with Crippen LogP contribution in [0.4, 0.5) is 18.9 Å². The summed E-state index contributed by atoms with van der Waals surface area (Å²) in [6, 6.07) is 17.4. The Balaban J connectivity index is 1.30. The summed E-state index contributed by atoms with van der Waals surface area (Å²) >= 11 is 0. The van der Waals surface area contributed by atoms with Crippen molar-refractivity contribution in [3.05, 3.63) is 95.9 Å². The molecule has 0 atom stereocenters. The lowest BCUT2D eigenvalue weighted by Gasteiger charge is -2.37. The maximum Gasteiger partial charge on any atom is 0.416 e. The second-order valence-corrected chi connectivity index (χ2v) is 9.48. The average Bonchev–Trinajstić information content (AvgIpc) is 3.49. The van der Waals surface area contributed by atoms with Crippen LogP contribution in [0.15, 0.2) is 79.1 Å². The van der Waals surface area contributed by atoms with Crippen molar-refractivity contribution in [2.24, 2.45) is 0 Å². The first-order valence-corrected chi connectivity index (χ1v) is 12.1. The number of likely N-dealkylation sites (tertiary alicyclic amines) is 1. The largest absolute Gasteiger partial charge is 0.416 e. The Morgan fingerprint density at radius 1 is 0.947 bits per heavy atom. The van der Waals surface area contributed by atoms with Gasteiger partial charge in [-0.3, -0.25) is 14.6 Å². The second-order valence-electron chi connectivity index (χ2n) is 9.48. The lowest BCUT2D eigenvalue weighted by molar-refractivity contribution is -0.137. The standard InChI is InChI=1S/C28H22F3N5O2/c29-28(30,31)19-5-7-20(8-6-19)36-24(18-9-13-32-14-10-18)17-23(34-36)25(37)35-15-11-27(12-16-35)21-3-1-2-4-22(21)33-26(27)38/h1-10,13-14,17H,11-12,15-16H2,(H,33,38). The van der Waals surface area contributed by atoms with Gasteiger partial charge in [-0.1, -0.05) is 18.2 Å². The molecule has 0 saturated carbocycles. The van der Waals surface area contributed by atoms with E-state index in [-0.39, 0.29) is 17.5 Å². The molecular formula is C28H22F3N5O2. The number of piperidine rings is 1. The first-order valence-electron chi connectivity index (χ1n) is 12.1. The van der Waals surface area contributed by atoms with Crippen LogP contribution in [0, 0.1) is 0 Å². The Kier molecular flexibility index (Phi) is 5.55. The molecule has 7 nitrogen and oxygen atoms in total. The number of aromatic nitrogens is 3. The molecule has 1 spiro atoms. The van der Waals surface area contributed by atoms with Crippen LogP contribution in [0.3, 0.4) is 0 Å². The molecule has 0 bridgehead atoms. The Labute approximate surface area is 215 Å². The third-order valence-electron chi connectivity index (χ3n) is 7.37. The van der Waals surface area contributed by atoms with Gasteiger partial charge in [0.05, 0.1) is 22.4 Å². The third kappa shape index (κ3) is 3.93. The molecule has 0 radical (unpaired) electrons. The number of nitrogens with one attached hydrogen (secondary N) is 1. The molecule has 6 rings (SSSR count). The van der Waals surface area contributed by atoms with Crippen LogP contribution in [-0.4, -0.2) is 44.6 Å². The number of rotatable bonds is 3. The first-order chi connectivity index (χ1) is 18.3. The Bertz CT molecular complexity index is 1520. The fourth-order valence-corrected chi connectivity index (χ4v) is 5.33. The van der Waals surface area contributed by atoms with E-state index in [1.807, 2.05) is 24.3 Å². The number of hydrogen-bond acceptors (Lipinski definition) is 4. The minimum atomic E-state index is -4.46. The smallest absolute Gasteiger partial charge is 0.337 e. The summed E-state index contributed by atoms with van der Waals surface area (Å²) in [5, 5.41) is 7.47. The van der Waals surface area contributed by atoms with Crippen LogP contribution in [-0.2, 0) is 16.4 Å². The molecular weight excluding hydrogens is 495 g/mol. The van der Waals surface area contributed by atoms with Crippen LogP contribution < -0.4 is 5.32 Å². The van der Waals surface area contributed by atoms with Gasteiger partial charge in [0.15, 0.2) is 5.69 Å². The number of pyridine rings is 1. The quantitative estimate of drug-likeness (QED) is 0.411. The molecule has 38 heavy (non-hydrogen) atoms. The van der Waals surface area contributed by atoms with Crippen LogP contribution in [0.1, 0.15) is 34.5 Å². The van der Waals surface area contributed by atoms with Crippen molar-refractivity contribution in [2.45, 2.75) is 24.4 Å². The molecule has 2 aromatic carbocycles. The van der Waals surface area contributed by atoms with E-state index in [9.17, 15) is 22.8 Å². The third-order valence-corrected chi connectivity index (χ3v) is 7.37. The van der Waals surface area contributed by atoms with E-state index in [4.69, 9.17) is 0 Å². The van der Waals surface area contributed by atoms with E-state index in [0.717, 1.165) is 23.4 Å². The molecule has 10 heteroatoms. The van der Waals surface area contributed by atoms with Crippen LogP contribution in [0.2, 0.25) is 0 Å². The number of para-hydroxylation sites is 1. The summed E-state index contributed by atoms with van der Waals surface area (Å²) in [6.07, 6.45) is -0.304. The second kappa shape index (κ2) is 8.83. The van der Waals surface area contributed by atoms with Crippen molar-refractivity contribution in [3.8, 4) is 16.9 Å². The molecule has 1 saturated heterocycles. The zero-order valence-corrected chi connectivity index (χ0v) is 20.1. The van der Waals surface area contributed by atoms with E-state index >= 15 is 0 Å². The van der Waals surface area contributed by atoms with Gasteiger partial charge in [0.1, 0.15) is 0 Å². The van der Waals surface area contributed by atoms with Gasteiger partial charge in [-0.15, -0.1) is 0 Å². The molecule has 192 valence electrons. The molecule has 2 aliphatic heterocycles. The Morgan fingerprint density at radius 3 is 2.32 bits per heavy atom. The first kappa shape index (κ1) is 23.9. The number of halogens is 3. The highest BCUT2D eigenvalue weighted by Crippen LogP contribution is 2.45. The fourth-order valence-electron chi connectivity index (χ4n) is 5.33. The van der Waals surface area contributed by atoms with Gasteiger partial charge in [-0.05, 0) is 66.9 Å². The predicted molar refractivity (Wildman–Crippen MR) is 134 cm³/mol. The van der Waals surface area contributed by atoms with Crippen LogP contribution >= 0.6 is 0 Å². The number of hydrogen-bond donors (Lipinski definition) is 1. The molecule has 4 aromatic rings. The molecule has 1 N–H and O–H groups in total. The average molecular weight is 518 g/mol. The van der Waals surface area contributed by atoms with Crippen molar-refractivity contribution in [1.82, 2.24) is 19.7 Å². The van der Waals surface area contributed by atoms with Crippen molar-refractivity contribution in [3.63, 3.8) is 0 Å². The Morgan fingerprint density at radius 2 is 1.63 bits per heavy atom. The lowest BCUT2D eigenvalue weighted by atomic mass is 9.73. The zero-order valence-electron chi connectivity index (χ0n) is 20.1. The van der Waals surface area contributed by atoms with Gasteiger partial charge < -0.3 is 10.2 Å². The van der Waals surface area contributed by atoms with Crippen molar-refractivity contribution >= 4 is 17.5 Å². The summed E-state index contributed by atoms with van der Waals surface area (Å²) in [5.74, 6) is -0.343. The van der Waals surface area contributed by atoms with Gasteiger partial charge in [-0.25, -0.2) is 4.68 Å². The highest BCUT2D eigenvalue weighted by molar-refractivity contribution is 6.06. The van der Waals surface area contributed by atoms with E-state index in [2.05, 4.69) is 15.4 Å². The molecule has 0 aliphatic carbocycles.